The van der Waals surface area contributed by atoms with E-state index in [4.69, 9.17) is 4.74 Å². The molecule has 0 aliphatic carbocycles. The third-order valence-electron chi connectivity index (χ3n) is 3.00. The largest absolute Gasteiger partial charge is 0.445 e. The minimum atomic E-state index is -0.456. The van der Waals surface area contributed by atoms with Crippen molar-refractivity contribution >= 4 is 23.0 Å². The molecule has 0 bridgehead atoms. The van der Waals surface area contributed by atoms with Crippen LogP contribution in [0.4, 0.5) is 4.79 Å². The first-order chi connectivity index (χ1) is 9.79. The molecule has 0 saturated carbocycles. The van der Waals surface area contributed by atoms with Gasteiger partial charge in [-0.2, -0.15) is 0 Å². The van der Waals surface area contributed by atoms with Crippen molar-refractivity contribution in [1.82, 2.24) is 5.32 Å². The Bertz CT molecular complexity index is 468. The predicted octanol–water partition coefficient (Wildman–Crippen LogP) is 3.61. The molecule has 0 spiro atoms. The minimum Gasteiger partial charge on any atom is -0.445 e. The van der Waals surface area contributed by atoms with Crippen LogP contribution < -0.4 is 5.32 Å². The van der Waals surface area contributed by atoms with E-state index < -0.39 is 6.09 Å². The number of nitrogens with one attached hydrogen (secondary N) is 1. The van der Waals surface area contributed by atoms with Gasteiger partial charge < -0.3 is 10.1 Å². The molecule has 21 heavy (non-hydrogen) atoms. The van der Waals surface area contributed by atoms with E-state index in [-0.39, 0.29) is 23.2 Å². The average molecular weight is 309 g/mol. The summed E-state index contributed by atoms with van der Waals surface area (Å²) in [5.41, 5.74) is 0.798. The van der Waals surface area contributed by atoms with Crippen LogP contribution in [-0.4, -0.2) is 23.0 Å². The van der Waals surface area contributed by atoms with Gasteiger partial charge in [-0.1, -0.05) is 62.9 Å². The number of thioether (sulfide) groups is 1. The Morgan fingerprint density at radius 2 is 1.86 bits per heavy atom. The lowest BCUT2D eigenvalue weighted by Crippen LogP contribution is -2.45. The van der Waals surface area contributed by atoms with Crippen molar-refractivity contribution in [3.8, 4) is 0 Å². The highest BCUT2D eigenvalue weighted by atomic mass is 32.2. The highest BCUT2D eigenvalue weighted by Crippen LogP contribution is 2.23. The van der Waals surface area contributed by atoms with Crippen LogP contribution in [0.1, 0.15) is 33.3 Å². The van der Waals surface area contributed by atoms with Crippen LogP contribution in [0, 0.1) is 5.41 Å². The normalized spacial score (nSPS) is 12.6. The lowest BCUT2D eigenvalue weighted by molar-refractivity contribution is -0.109. The maximum absolute atomic E-state index is 11.9. The van der Waals surface area contributed by atoms with Crippen LogP contribution in [0.25, 0.3) is 0 Å². The van der Waals surface area contributed by atoms with Crippen LogP contribution in [0.3, 0.4) is 0 Å². The Morgan fingerprint density at radius 3 is 2.38 bits per heavy atom. The van der Waals surface area contributed by atoms with Gasteiger partial charge in [-0.05, 0) is 11.0 Å². The maximum atomic E-state index is 11.9. The van der Waals surface area contributed by atoms with Crippen LogP contribution in [-0.2, 0) is 16.1 Å². The van der Waals surface area contributed by atoms with Crippen molar-refractivity contribution in [2.45, 2.75) is 40.3 Å². The molecule has 1 amide bonds. The number of amides is 1. The SMILES string of the molecule is CC(=O)SC[C@@H](NC(=O)OCc1ccccc1)C(C)(C)C. The Labute approximate surface area is 130 Å². The van der Waals surface area contributed by atoms with Crippen molar-refractivity contribution in [2.24, 2.45) is 5.41 Å². The van der Waals surface area contributed by atoms with E-state index in [0.717, 1.165) is 5.56 Å². The smallest absolute Gasteiger partial charge is 0.407 e. The Kier molecular flexibility index (Phi) is 6.75. The summed E-state index contributed by atoms with van der Waals surface area (Å²) in [4.78, 5) is 23.0. The molecule has 0 unspecified atom stereocenters. The zero-order valence-electron chi connectivity index (χ0n) is 13.0. The van der Waals surface area contributed by atoms with Gasteiger partial charge in [0.15, 0.2) is 5.12 Å². The van der Waals surface area contributed by atoms with Crippen molar-refractivity contribution in [2.75, 3.05) is 5.75 Å². The van der Waals surface area contributed by atoms with E-state index in [0.29, 0.717) is 5.75 Å². The number of alkyl carbamates (subject to hydrolysis) is 1. The lowest BCUT2D eigenvalue weighted by atomic mass is 9.88. The summed E-state index contributed by atoms with van der Waals surface area (Å²) in [6.07, 6.45) is -0.456. The predicted molar refractivity (Wildman–Crippen MR) is 86.1 cm³/mol. The molecule has 116 valence electrons. The molecular formula is C16H23NO3S. The third-order valence-corrected chi connectivity index (χ3v) is 3.91. The Hall–Kier alpha value is -1.49. The first-order valence-corrected chi connectivity index (χ1v) is 7.88. The fourth-order valence-electron chi connectivity index (χ4n) is 1.62. The van der Waals surface area contributed by atoms with Gasteiger partial charge in [-0.25, -0.2) is 4.79 Å². The molecule has 0 radical (unpaired) electrons. The van der Waals surface area contributed by atoms with Crippen molar-refractivity contribution in [1.29, 1.82) is 0 Å². The van der Waals surface area contributed by atoms with Gasteiger partial charge in [-0.3, -0.25) is 4.79 Å². The van der Waals surface area contributed by atoms with Gasteiger partial charge in [0.05, 0.1) is 0 Å². The van der Waals surface area contributed by atoms with E-state index in [1.54, 1.807) is 0 Å². The molecule has 0 heterocycles. The number of rotatable bonds is 5. The Morgan fingerprint density at radius 1 is 1.24 bits per heavy atom. The average Bonchev–Trinajstić information content (AvgIpc) is 2.41. The standard InChI is InChI=1S/C16H23NO3S/c1-12(18)21-11-14(16(2,3)4)17-15(19)20-10-13-8-6-5-7-9-13/h5-9,14H,10-11H2,1-4H3,(H,17,19)/t14-/m1/s1. The zero-order valence-corrected chi connectivity index (χ0v) is 13.8. The van der Waals surface area contributed by atoms with E-state index in [1.807, 2.05) is 51.1 Å². The minimum absolute atomic E-state index is 0.0451. The molecule has 4 nitrogen and oxygen atoms in total. The Balaban J connectivity index is 2.50. The van der Waals surface area contributed by atoms with Gasteiger partial charge in [0, 0.05) is 18.7 Å². The fraction of sp³-hybridized carbons (Fsp3) is 0.500. The summed E-state index contributed by atoms with van der Waals surface area (Å²) >= 11 is 1.21. The highest BCUT2D eigenvalue weighted by molar-refractivity contribution is 8.13. The van der Waals surface area contributed by atoms with E-state index in [1.165, 1.54) is 18.7 Å². The first-order valence-electron chi connectivity index (χ1n) is 6.89. The van der Waals surface area contributed by atoms with Gasteiger partial charge in [-0.15, -0.1) is 0 Å². The van der Waals surface area contributed by atoms with Gasteiger partial charge in [0.2, 0.25) is 0 Å². The quantitative estimate of drug-likeness (QED) is 0.903. The number of carbonyl (C=O) groups is 2. The molecule has 1 N–H and O–H groups in total. The summed E-state index contributed by atoms with van der Waals surface area (Å²) in [5.74, 6) is 0.541. The molecular weight excluding hydrogens is 286 g/mol. The van der Waals surface area contributed by atoms with Crippen molar-refractivity contribution < 1.29 is 14.3 Å². The van der Waals surface area contributed by atoms with E-state index in [2.05, 4.69) is 5.32 Å². The number of ether oxygens (including phenoxy) is 1. The third kappa shape index (κ3) is 7.18. The van der Waals surface area contributed by atoms with Crippen LogP contribution in [0.15, 0.2) is 30.3 Å². The molecule has 0 aliphatic heterocycles. The number of hydrogen-bond acceptors (Lipinski definition) is 4. The lowest BCUT2D eigenvalue weighted by Gasteiger charge is -2.30. The van der Waals surface area contributed by atoms with Gasteiger partial charge in [0.25, 0.3) is 0 Å². The molecule has 0 aromatic heterocycles. The van der Waals surface area contributed by atoms with Gasteiger partial charge >= 0.3 is 6.09 Å². The summed E-state index contributed by atoms with van der Waals surface area (Å²) in [6.45, 7) is 7.84. The molecule has 0 saturated heterocycles. The summed E-state index contributed by atoms with van der Waals surface area (Å²) < 4.78 is 5.22. The second kappa shape index (κ2) is 8.08. The number of hydrogen-bond donors (Lipinski definition) is 1. The monoisotopic (exact) mass is 309 g/mol. The second-order valence-corrected chi connectivity index (χ2v) is 7.12. The summed E-state index contributed by atoms with van der Waals surface area (Å²) in [7, 11) is 0. The van der Waals surface area contributed by atoms with E-state index in [9.17, 15) is 9.59 Å². The molecule has 5 heteroatoms. The molecule has 1 aromatic carbocycles. The first kappa shape index (κ1) is 17.6. The maximum Gasteiger partial charge on any atom is 0.407 e. The summed E-state index contributed by atoms with van der Waals surface area (Å²) in [5, 5.41) is 2.89. The second-order valence-electron chi connectivity index (χ2n) is 5.93. The topological polar surface area (TPSA) is 55.4 Å². The van der Waals surface area contributed by atoms with Crippen LogP contribution in [0.2, 0.25) is 0 Å². The number of carbonyl (C=O) groups excluding carboxylic acids is 2. The number of benzene rings is 1. The van der Waals surface area contributed by atoms with Gasteiger partial charge in [0.1, 0.15) is 6.61 Å². The zero-order chi connectivity index (χ0) is 15.9. The van der Waals surface area contributed by atoms with Crippen LogP contribution in [0.5, 0.6) is 0 Å². The molecule has 0 aliphatic rings. The molecule has 1 atom stereocenters. The molecule has 0 fully saturated rings. The van der Waals surface area contributed by atoms with Crippen molar-refractivity contribution in [3.63, 3.8) is 0 Å². The van der Waals surface area contributed by atoms with Crippen LogP contribution >= 0.6 is 11.8 Å². The molecule has 1 rings (SSSR count). The fourth-order valence-corrected chi connectivity index (χ4v) is 2.60. The highest BCUT2D eigenvalue weighted by Gasteiger charge is 2.27. The molecule has 1 aromatic rings. The summed E-state index contributed by atoms with van der Waals surface area (Å²) in [6, 6.07) is 9.39. The van der Waals surface area contributed by atoms with E-state index >= 15 is 0 Å². The van der Waals surface area contributed by atoms with Crippen molar-refractivity contribution in [3.05, 3.63) is 35.9 Å².